The highest BCUT2D eigenvalue weighted by atomic mass is 32.2. The van der Waals surface area contributed by atoms with Crippen molar-refractivity contribution >= 4 is 23.4 Å². The van der Waals surface area contributed by atoms with E-state index in [0.29, 0.717) is 6.61 Å². The van der Waals surface area contributed by atoms with Gasteiger partial charge in [0.15, 0.2) is 5.16 Å². The highest BCUT2D eigenvalue weighted by molar-refractivity contribution is 7.99. The van der Waals surface area contributed by atoms with Gasteiger partial charge in [-0.1, -0.05) is 11.8 Å². The number of carbonyl (C=O) groups excluding carboxylic acids is 1. The first-order chi connectivity index (χ1) is 13.2. The Kier molecular flexibility index (Phi) is 7.08. The van der Waals surface area contributed by atoms with E-state index < -0.39 is 0 Å². The maximum Gasteiger partial charge on any atom is 0.234 e. The highest BCUT2D eigenvalue weighted by Crippen LogP contribution is 2.19. The van der Waals surface area contributed by atoms with E-state index in [9.17, 15) is 4.79 Å². The lowest BCUT2D eigenvalue weighted by Gasteiger charge is -2.25. The lowest BCUT2D eigenvalue weighted by Crippen LogP contribution is -2.36. The molecule has 27 heavy (non-hydrogen) atoms. The van der Waals surface area contributed by atoms with Gasteiger partial charge in [0, 0.05) is 25.8 Å². The third-order valence-electron chi connectivity index (χ3n) is 4.18. The van der Waals surface area contributed by atoms with Gasteiger partial charge in [-0.2, -0.15) is 0 Å². The Morgan fingerprint density at radius 2 is 2.00 bits per heavy atom. The normalized spacial score (nSPS) is 14.9. The maximum atomic E-state index is 12.2. The Morgan fingerprint density at radius 1 is 1.26 bits per heavy atom. The predicted octanol–water partition coefficient (Wildman–Crippen LogP) is 1.78. The molecular formula is C18H25N5O3S. The van der Waals surface area contributed by atoms with Crippen LogP contribution in [0.1, 0.15) is 12.7 Å². The van der Waals surface area contributed by atoms with Crippen molar-refractivity contribution < 1.29 is 14.3 Å². The molecule has 0 bridgehead atoms. The number of hydrogen-bond acceptors (Lipinski definition) is 7. The summed E-state index contributed by atoms with van der Waals surface area (Å²) in [6, 6.07) is 7.34. The largest absolute Gasteiger partial charge is 0.494 e. The third-order valence-corrected chi connectivity index (χ3v) is 5.20. The van der Waals surface area contributed by atoms with Crippen LogP contribution in [0.5, 0.6) is 5.75 Å². The van der Waals surface area contributed by atoms with Crippen LogP contribution in [0.3, 0.4) is 0 Å². The number of carbonyl (C=O) groups is 1. The number of nitrogens with one attached hydrogen (secondary N) is 1. The standard InChI is InChI=1S/C18H25N5O3S/c1-3-26-15-6-4-14(5-7-15)19-17(24)13-27-18-21-20-16(22(18)2)12-23-8-10-25-11-9-23/h4-7H,3,8-13H2,1-2H3,(H,19,24). The van der Waals surface area contributed by atoms with E-state index in [4.69, 9.17) is 9.47 Å². The molecule has 1 aliphatic heterocycles. The second kappa shape index (κ2) is 9.72. The Labute approximate surface area is 163 Å². The molecule has 2 heterocycles. The monoisotopic (exact) mass is 391 g/mol. The molecule has 0 spiro atoms. The molecule has 0 atom stereocenters. The number of morpholine rings is 1. The topological polar surface area (TPSA) is 81.5 Å². The molecule has 8 nitrogen and oxygen atoms in total. The Hall–Kier alpha value is -2.10. The molecule has 3 rings (SSSR count). The van der Waals surface area contributed by atoms with Crippen molar-refractivity contribution in [3.05, 3.63) is 30.1 Å². The number of nitrogens with zero attached hydrogens (tertiary/aromatic N) is 4. The van der Waals surface area contributed by atoms with E-state index in [2.05, 4.69) is 20.4 Å². The van der Waals surface area contributed by atoms with Crippen molar-refractivity contribution in [3.63, 3.8) is 0 Å². The van der Waals surface area contributed by atoms with Crippen molar-refractivity contribution in [2.75, 3.05) is 44.0 Å². The molecule has 0 radical (unpaired) electrons. The number of benzene rings is 1. The van der Waals surface area contributed by atoms with Gasteiger partial charge in [-0.25, -0.2) is 0 Å². The second-order valence-corrected chi connectivity index (χ2v) is 7.08. The highest BCUT2D eigenvalue weighted by Gasteiger charge is 2.16. The number of rotatable bonds is 8. The van der Waals surface area contributed by atoms with Gasteiger partial charge in [-0.05, 0) is 31.2 Å². The van der Waals surface area contributed by atoms with E-state index in [0.717, 1.165) is 55.3 Å². The fourth-order valence-electron chi connectivity index (χ4n) is 2.70. The Bertz CT molecular complexity index is 744. The molecule has 9 heteroatoms. The summed E-state index contributed by atoms with van der Waals surface area (Å²) in [4.78, 5) is 14.5. The molecule has 0 aliphatic carbocycles. The van der Waals surface area contributed by atoms with E-state index >= 15 is 0 Å². The van der Waals surface area contributed by atoms with Gasteiger partial charge in [0.2, 0.25) is 5.91 Å². The summed E-state index contributed by atoms with van der Waals surface area (Å²) in [6.07, 6.45) is 0. The van der Waals surface area contributed by atoms with Crippen LogP contribution in [0.4, 0.5) is 5.69 Å². The minimum Gasteiger partial charge on any atom is -0.494 e. The first-order valence-corrected chi connectivity index (χ1v) is 9.98. The average Bonchev–Trinajstić information content (AvgIpc) is 3.02. The quantitative estimate of drug-likeness (QED) is 0.687. The molecule has 1 aliphatic rings. The van der Waals surface area contributed by atoms with Crippen LogP contribution in [0.15, 0.2) is 29.4 Å². The van der Waals surface area contributed by atoms with Crippen LogP contribution in [-0.4, -0.2) is 64.2 Å². The average molecular weight is 391 g/mol. The van der Waals surface area contributed by atoms with Crippen LogP contribution in [-0.2, 0) is 23.1 Å². The van der Waals surface area contributed by atoms with E-state index in [1.165, 1.54) is 11.8 Å². The first-order valence-electron chi connectivity index (χ1n) is 8.99. The fourth-order valence-corrected chi connectivity index (χ4v) is 3.43. The second-order valence-electron chi connectivity index (χ2n) is 6.14. The summed E-state index contributed by atoms with van der Waals surface area (Å²) in [7, 11) is 1.93. The molecule has 1 saturated heterocycles. The van der Waals surface area contributed by atoms with Crippen molar-refractivity contribution in [1.29, 1.82) is 0 Å². The molecule has 0 unspecified atom stereocenters. The van der Waals surface area contributed by atoms with Crippen molar-refractivity contribution in [2.24, 2.45) is 7.05 Å². The summed E-state index contributed by atoms with van der Waals surface area (Å²) in [5.41, 5.74) is 0.745. The Morgan fingerprint density at radius 3 is 2.70 bits per heavy atom. The molecule has 1 aromatic carbocycles. The number of thioether (sulfide) groups is 1. The van der Waals surface area contributed by atoms with Gasteiger partial charge in [0.25, 0.3) is 0 Å². The fraction of sp³-hybridized carbons (Fsp3) is 0.500. The molecule has 1 amide bonds. The van der Waals surface area contributed by atoms with Gasteiger partial charge in [0.1, 0.15) is 11.6 Å². The Balaban J connectivity index is 1.48. The number of hydrogen-bond donors (Lipinski definition) is 1. The molecule has 1 fully saturated rings. The van der Waals surface area contributed by atoms with Crippen molar-refractivity contribution in [2.45, 2.75) is 18.6 Å². The smallest absolute Gasteiger partial charge is 0.234 e. The number of anilines is 1. The molecule has 1 aromatic heterocycles. The van der Waals surface area contributed by atoms with Crippen molar-refractivity contribution in [1.82, 2.24) is 19.7 Å². The van der Waals surface area contributed by atoms with E-state index in [1.807, 2.05) is 42.8 Å². The van der Waals surface area contributed by atoms with E-state index in [1.54, 1.807) is 0 Å². The summed E-state index contributed by atoms with van der Waals surface area (Å²) >= 11 is 1.38. The minimum absolute atomic E-state index is 0.0816. The number of ether oxygens (including phenoxy) is 2. The maximum absolute atomic E-state index is 12.2. The van der Waals surface area contributed by atoms with Crippen LogP contribution in [0.2, 0.25) is 0 Å². The van der Waals surface area contributed by atoms with Gasteiger partial charge in [-0.15, -0.1) is 10.2 Å². The van der Waals surface area contributed by atoms with E-state index in [-0.39, 0.29) is 11.7 Å². The summed E-state index contributed by atoms with van der Waals surface area (Å²) < 4.78 is 12.7. The first kappa shape index (κ1) is 19.7. The van der Waals surface area contributed by atoms with Crippen LogP contribution in [0.25, 0.3) is 0 Å². The van der Waals surface area contributed by atoms with Crippen molar-refractivity contribution in [3.8, 4) is 5.75 Å². The van der Waals surface area contributed by atoms with Crippen LogP contribution >= 0.6 is 11.8 Å². The predicted molar refractivity (Wildman–Crippen MR) is 104 cm³/mol. The van der Waals surface area contributed by atoms with Crippen LogP contribution < -0.4 is 10.1 Å². The van der Waals surface area contributed by atoms with Gasteiger partial charge < -0.3 is 19.4 Å². The minimum atomic E-state index is -0.0816. The lowest BCUT2D eigenvalue weighted by molar-refractivity contribution is -0.113. The number of amides is 1. The summed E-state index contributed by atoms with van der Waals surface area (Å²) in [6.45, 7) is 6.61. The van der Waals surface area contributed by atoms with Gasteiger partial charge >= 0.3 is 0 Å². The van der Waals surface area contributed by atoms with Gasteiger partial charge in [0.05, 0.1) is 32.1 Å². The molecule has 0 saturated carbocycles. The van der Waals surface area contributed by atoms with Gasteiger partial charge in [-0.3, -0.25) is 9.69 Å². The third kappa shape index (κ3) is 5.69. The number of aromatic nitrogens is 3. The van der Waals surface area contributed by atoms with Crippen LogP contribution in [0, 0.1) is 0 Å². The zero-order valence-electron chi connectivity index (χ0n) is 15.7. The summed E-state index contributed by atoms with van der Waals surface area (Å²) in [5, 5.41) is 12.1. The summed E-state index contributed by atoms with van der Waals surface area (Å²) in [5.74, 6) is 1.88. The molecule has 2 aromatic rings. The lowest BCUT2D eigenvalue weighted by atomic mass is 10.3. The zero-order chi connectivity index (χ0) is 19.1. The molecule has 146 valence electrons. The molecule has 1 N–H and O–H groups in total. The SMILES string of the molecule is CCOc1ccc(NC(=O)CSc2nnc(CN3CCOCC3)n2C)cc1. The molecular weight excluding hydrogens is 366 g/mol. The zero-order valence-corrected chi connectivity index (χ0v) is 16.5.